The van der Waals surface area contributed by atoms with Crippen molar-refractivity contribution in [2.45, 2.75) is 43.2 Å². The number of ether oxygens (including phenoxy) is 2. The van der Waals surface area contributed by atoms with E-state index >= 15 is 0 Å². The van der Waals surface area contributed by atoms with Gasteiger partial charge >= 0.3 is 6.03 Å². The van der Waals surface area contributed by atoms with E-state index in [2.05, 4.69) is 36.9 Å². The number of aryl methyl sites for hydroxylation is 1. The summed E-state index contributed by atoms with van der Waals surface area (Å²) < 4.78 is 16.3. The second kappa shape index (κ2) is 8.63. The zero-order chi connectivity index (χ0) is 25.0. The summed E-state index contributed by atoms with van der Waals surface area (Å²) in [6.45, 7) is 1.03. The zero-order valence-electron chi connectivity index (χ0n) is 19.8. The lowest BCUT2D eigenvalue weighted by Gasteiger charge is -2.34. The standard InChI is InChI=1S/C24H26BrN7O4/c1-30-23(34)27-21-20-18(32-17(22(33)26-20)8-9-19(32)25)12-24(21,30)36-11-3-10-31-13-16(28-29-31)14-4-6-15(35-2)7-5-14/h4-9,13,18,20-21H,3,10-12H2,1-2H3,(H,26,33)(H,27,34)/t18-,20-,21+,24+/m1/s1. The predicted octanol–water partition coefficient (Wildman–Crippen LogP) is 2.40. The molecule has 188 valence electrons. The third-order valence-corrected chi connectivity index (χ3v) is 8.10. The van der Waals surface area contributed by atoms with Gasteiger partial charge in [-0.3, -0.25) is 14.4 Å². The van der Waals surface area contributed by atoms with Crippen LogP contribution < -0.4 is 15.4 Å². The molecule has 2 aliphatic heterocycles. The van der Waals surface area contributed by atoms with Crippen molar-refractivity contribution in [1.82, 2.24) is 35.1 Å². The van der Waals surface area contributed by atoms with Crippen molar-refractivity contribution in [3.8, 4) is 17.0 Å². The maximum absolute atomic E-state index is 12.7. The molecule has 1 aromatic carbocycles. The Labute approximate surface area is 215 Å². The van der Waals surface area contributed by atoms with Crippen LogP contribution in [-0.2, 0) is 11.3 Å². The number of rotatable bonds is 7. The summed E-state index contributed by atoms with van der Waals surface area (Å²) in [5.41, 5.74) is 1.49. The normalized spacial score (nSPS) is 26.3. The number of carbonyl (C=O) groups is 2. The summed E-state index contributed by atoms with van der Waals surface area (Å²) in [4.78, 5) is 27.0. The highest BCUT2D eigenvalue weighted by Gasteiger charge is 2.65. The van der Waals surface area contributed by atoms with Gasteiger partial charge in [-0.2, -0.15) is 0 Å². The third kappa shape index (κ3) is 3.50. The summed E-state index contributed by atoms with van der Waals surface area (Å²) in [5, 5.41) is 14.6. The van der Waals surface area contributed by atoms with Gasteiger partial charge in [0.1, 0.15) is 23.2 Å². The van der Waals surface area contributed by atoms with E-state index < -0.39 is 5.72 Å². The molecule has 0 bridgehead atoms. The van der Waals surface area contributed by atoms with Crippen LogP contribution in [-0.4, -0.2) is 75.0 Å². The number of hydrogen-bond donors (Lipinski definition) is 2. The molecule has 6 rings (SSSR count). The molecule has 2 N–H and O–H groups in total. The van der Waals surface area contributed by atoms with E-state index in [1.807, 2.05) is 41.1 Å². The number of aromatic nitrogens is 4. The van der Waals surface area contributed by atoms with Crippen LogP contribution in [0, 0.1) is 0 Å². The number of likely N-dealkylation sites (N-methyl/N-ethyl adjacent to an activating group) is 1. The molecule has 2 fully saturated rings. The minimum absolute atomic E-state index is 0.0440. The van der Waals surface area contributed by atoms with Crippen LogP contribution in [0.4, 0.5) is 4.79 Å². The van der Waals surface area contributed by atoms with Crippen LogP contribution in [0.1, 0.15) is 29.4 Å². The van der Waals surface area contributed by atoms with Crippen molar-refractivity contribution >= 4 is 27.9 Å². The van der Waals surface area contributed by atoms with E-state index in [0.717, 1.165) is 21.6 Å². The highest BCUT2D eigenvalue weighted by Crippen LogP contribution is 2.48. The fraction of sp³-hybridized carbons (Fsp3) is 0.417. The lowest BCUT2D eigenvalue weighted by molar-refractivity contribution is -0.119. The molecule has 3 amide bonds. The number of hydrogen-bond acceptors (Lipinski definition) is 6. The van der Waals surface area contributed by atoms with Gasteiger partial charge in [-0.15, -0.1) is 5.10 Å². The Morgan fingerprint density at radius 2 is 1.97 bits per heavy atom. The van der Waals surface area contributed by atoms with Crippen LogP contribution in [0.3, 0.4) is 0 Å². The number of amides is 3. The summed E-state index contributed by atoms with van der Waals surface area (Å²) in [7, 11) is 3.38. The number of carbonyl (C=O) groups excluding carboxylic acids is 2. The predicted molar refractivity (Wildman–Crippen MR) is 132 cm³/mol. The maximum atomic E-state index is 12.7. The van der Waals surface area contributed by atoms with Crippen LogP contribution in [0.25, 0.3) is 11.3 Å². The quantitative estimate of drug-likeness (QED) is 0.432. The Morgan fingerprint density at radius 1 is 1.17 bits per heavy atom. The molecule has 12 heteroatoms. The molecular formula is C24H26BrN7O4. The van der Waals surface area contributed by atoms with E-state index in [9.17, 15) is 9.59 Å². The van der Waals surface area contributed by atoms with Gasteiger partial charge in [0.2, 0.25) is 0 Å². The van der Waals surface area contributed by atoms with Crippen LogP contribution >= 0.6 is 15.9 Å². The first-order valence-electron chi connectivity index (χ1n) is 11.8. The summed E-state index contributed by atoms with van der Waals surface area (Å²) in [5.74, 6) is 0.637. The van der Waals surface area contributed by atoms with E-state index in [4.69, 9.17) is 9.47 Å². The van der Waals surface area contributed by atoms with Gasteiger partial charge < -0.3 is 24.7 Å². The van der Waals surface area contributed by atoms with Gasteiger partial charge in [-0.05, 0) is 58.7 Å². The fourth-order valence-electron chi connectivity index (χ4n) is 5.63. The Morgan fingerprint density at radius 3 is 2.75 bits per heavy atom. The molecule has 4 atom stereocenters. The molecule has 36 heavy (non-hydrogen) atoms. The van der Waals surface area contributed by atoms with Gasteiger partial charge in [-0.25, -0.2) is 4.79 Å². The number of fused-ring (bicyclic) bond motifs is 5. The van der Waals surface area contributed by atoms with Crippen molar-refractivity contribution in [2.24, 2.45) is 0 Å². The van der Waals surface area contributed by atoms with Crippen LogP contribution in [0.2, 0.25) is 0 Å². The molecular weight excluding hydrogens is 530 g/mol. The second-order valence-corrected chi connectivity index (χ2v) is 10.1. The molecule has 1 saturated carbocycles. The summed E-state index contributed by atoms with van der Waals surface area (Å²) >= 11 is 3.58. The van der Waals surface area contributed by atoms with Crippen molar-refractivity contribution < 1.29 is 19.1 Å². The lowest BCUT2D eigenvalue weighted by atomic mass is 10.0. The number of benzene rings is 1. The third-order valence-electron chi connectivity index (χ3n) is 7.45. The van der Waals surface area contributed by atoms with Crippen molar-refractivity contribution in [2.75, 3.05) is 20.8 Å². The van der Waals surface area contributed by atoms with E-state index in [-0.39, 0.29) is 30.1 Å². The van der Waals surface area contributed by atoms with Crippen molar-refractivity contribution in [3.05, 3.63) is 52.9 Å². The fourth-order valence-corrected chi connectivity index (χ4v) is 6.22. The number of methoxy groups -OCH3 is 1. The molecule has 1 saturated heterocycles. The minimum Gasteiger partial charge on any atom is -0.497 e. The molecule has 1 aliphatic carbocycles. The lowest BCUT2D eigenvalue weighted by Crippen LogP contribution is -2.57. The van der Waals surface area contributed by atoms with Crippen molar-refractivity contribution in [1.29, 1.82) is 0 Å². The molecule has 11 nitrogen and oxygen atoms in total. The Kier molecular flexibility index (Phi) is 5.52. The maximum Gasteiger partial charge on any atom is 0.319 e. The largest absolute Gasteiger partial charge is 0.497 e. The summed E-state index contributed by atoms with van der Waals surface area (Å²) in [6.07, 6.45) is 3.14. The number of halogens is 1. The molecule has 2 aromatic heterocycles. The first-order valence-corrected chi connectivity index (χ1v) is 12.6. The van der Waals surface area contributed by atoms with E-state index in [1.165, 1.54) is 0 Å². The van der Waals surface area contributed by atoms with E-state index in [0.29, 0.717) is 31.7 Å². The van der Waals surface area contributed by atoms with Crippen molar-refractivity contribution in [3.63, 3.8) is 0 Å². The van der Waals surface area contributed by atoms with Gasteiger partial charge in [-0.1, -0.05) is 5.21 Å². The number of urea groups is 1. The average molecular weight is 556 g/mol. The Bertz CT molecular complexity index is 1320. The average Bonchev–Trinajstić information content (AvgIpc) is 3.63. The smallest absolute Gasteiger partial charge is 0.319 e. The molecule has 4 heterocycles. The minimum atomic E-state index is -0.859. The molecule has 0 radical (unpaired) electrons. The van der Waals surface area contributed by atoms with Crippen LogP contribution in [0.5, 0.6) is 5.75 Å². The first kappa shape index (κ1) is 23.0. The Balaban J connectivity index is 1.14. The summed E-state index contributed by atoms with van der Waals surface area (Å²) in [6, 6.07) is 10.5. The van der Waals surface area contributed by atoms with Gasteiger partial charge in [0.25, 0.3) is 5.91 Å². The van der Waals surface area contributed by atoms with Gasteiger partial charge in [0.05, 0.1) is 36.6 Å². The number of nitrogens with zero attached hydrogens (tertiary/aromatic N) is 5. The van der Waals surface area contributed by atoms with E-state index in [1.54, 1.807) is 29.8 Å². The molecule has 3 aliphatic rings. The van der Waals surface area contributed by atoms with Crippen LogP contribution in [0.15, 0.2) is 47.2 Å². The highest BCUT2D eigenvalue weighted by atomic mass is 79.9. The first-order chi connectivity index (χ1) is 17.4. The monoisotopic (exact) mass is 555 g/mol. The molecule has 3 aromatic rings. The topological polar surface area (TPSA) is 116 Å². The SMILES string of the molecule is COc1ccc(-c2cn(CCCO[C@@]34C[C@@H]5[C@@H](NC(=O)c6ccc(Br)n65)[C@@H]3NC(=O)N4C)nn2)cc1. The molecule has 0 unspecified atom stereocenters. The Hall–Kier alpha value is -3.38. The number of nitrogens with one attached hydrogen (secondary N) is 2. The zero-order valence-corrected chi connectivity index (χ0v) is 21.4. The van der Waals surface area contributed by atoms with Gasteiger partial charge in [0.15, 0.2) is 5.72 Å². The highest BCUT2D eigenvalue weighted by molar-refractivity contribution is 9.10. The second-order valence-electron chi connectivity index (χ2n) is 9.31. The molecule has 0 spiro atoms. The van der Waals surface area contributed by atoms with Gasteiger partial charge in [0, 0.05) is 25.6 Å².